The monoisotopic (exact) mass is 270 g/mol. The molecule has 0 spiro atoms. The molecule has 1 aromatic carbocycles. The van der Waals surface area contributed by atoms with E-state index in [1.165, 1.54) is 11.1 Å². The Hall–Kier alpha value is -1.94. The Morgan fingerprint density at radius 2 is 2.40 bits per heavy atom. The Balaban J connectivity index is 1.85. The third kappa shape index (κ3) is 2.65. The predicted octanol–water partition coefficient (Wildman–Crippen LogP) is 2.56. The molecule has 0 N–H and O–H groups in total. The van der Waals surface area contributed by atoms with Crippen molar-refractivity contribution >= 4 is 6.29 Å². The molecule has 1 aliphatic heterocycles. The van der Waals surface area contributed by atoms with Gasteiger partial charge in [0.2, 0.25) is 0 Å². The van der Waals surface area contributed by atoms with Crippen LogP contribution in [0.2, 0.25) is 0 Å². The third-order valence-electron chi connectivity index (χ3n) is 3.69. The van der Waals surface area contributed by atoms with Crippen LogP contribution in [0.3, 0.4) is 0 Å². The van der Waals surface area contributed by atoms with Crippen LogP contribution in [0, 0.1) is 6.92 Å². The van der Waals surface area contributed by atoms with Crippen molar-refractivity contribution in [1.29, 1.82) is 0 Å². The van der Waals surface area contributed by atoms with Crippen LogP contribution in [0.5, 0.6) is 0 Å². The first-order chi connectivity index (χ1) is 9.76. The summed E-state index contributed by atoms with van der Waals surface area (Å²) in [5.41, 5.74) is 3.99. The Morgan fingerprint density at radius 1 is 1.50 bits per heavy atom. The molecule has 1 aromatic heterocycles. The van der Waals surface area contributed by atoms with Gasteiger partial charge in [-0.2, -0.15) is 5.10 Å². The van der Waals surface area contributed by atoms with Gasteiger partial charge in [-0.05, 0) is 18.9 Å². The van der Waals surface area contributed by atoms with Gasteiger partial charge in [-0.1, -0.05) is 29.8 Å². The number of carbonyl (C=O) groups excluding carboxylic acids is 1. The van der Waals surface area contributed by atoms with E-state index in [9.17, 15) is 4.79 Å². The number of aryl methyl sites for hydroxylation is 1. The summed E-state index contributed by atoms with van der Waals surface area (Å²) in [5, 5.41) is 4.59. The number of aldehydes is 1. The smallest absolute Gasteiger partial charge is 0.153 e. The lowest BCUT2D eigenvalue weighted by atomic mass is 10.0. The minimum absolute atomic E-state index is 0.258. The Morgan fingerprint density at radius 3 is 3.10 bits per heavy atom. The van der Waals surface area contributed by atoms with Crippen LogP contribution >= 0.6 is 0 Å². The largest absolute Gasteiger partial charge is 0.381 e. The van der Waals surface area contributed by atoms with Crippen LogP contribution in [0.25, 0.3) is 0 Å². The van der Waals surface area contributed by atoms with Gasteiger partial charge in [0, 0.05) is 18.7 Å². The highest BCUT2D eigenvalue weighted by Crippen LogP contribution is 2.26. The molecule has 1 aliphatic rings. The summed E-state index contributed by atoms with van der Waals surface area (Å²) >= 11 is 0. The van der Waals surface area contributed by atoms with Crippen LogP contribution < -0.4 is 0 Å². The standard InChI is InChI=1S/C16H18N2O2/c1-12-3-2-4-13(7-12)8-18-9-15(10-19)16(17-18)14-5-6-20-11-14/h2-4,7,9-10,14H,5-6,8,11H2,1H3. The number of nitrogens with zero attached hydrogens (tertiary/aromatic N) is 2. The van der Waals surface area contributed by atoms with Gasteiger partial charge in [0.25, 0.3) is 0 Å². The highest BCUT2D eigenvalue weighted by Gasteiger charge is 2.23. The number of ether oxygens (including phenoxy) is 1. The normalized spacial score (nSPS) is 18.4. The van der Waals surface area contributed by atoms with Crippen LogP contribution in [0.15, 0.2) is 30.5 Å². The maximum atomic E-state index is 11.2. The second-order valence-corrected chi connectivity index (χ2v) is 5.33. The summed E-state index contributed by atoms with van der Waals surface area (Å²) in [6.45, 7) is 4.19. The minimum atomic E-state index is 0.258. The van der Waals surface area contributed by atoms with E-state index in [0.717, 1.165) is 25.0 Å². The van der Waals surface area contributed by atoms with E-state index in [1.807, 2.05) is 16.9 Å². The summed E-state index contributed by atoms with van der Waals surface area (Å²) in [6, 6.07) is 8.33. The summed E-state index contributed by atoms with van der Waals surface area (Å²) in [5.74, 6) is 0.258. The highest BCUT2D eigenvalue weighted by atomic mass is 16.5. The van der Waals surface area contributed by atoms with Gasteiger partial charge in [-0.15, -0.1) is 0 Å². The third-order valence-corrected chi connectivity index (χ3v) is 3.69. The average molecular weight is 270 g/mol. The highest BCUT2D eigenvalue weighted by molar-refractivity contribution is 5.76. The maximum Gasteiger partial charge on any atom is 0.153 e. The Labute approximate surface area is 118 Å². The first-order valence-electron chi connectivity index (χ1n) is 6.92. The number of rotatable bonds is 4. The second kappa shape index (κ2) is 5.59. The average Bonchev–Trinajstić information content (AvgIpc) is 3.06. The number of aromatic nitrogens is 2. The van der Waals surface area contributed by atoms with Gasteiger partial charge in [0.1, 0.15) is 0 Å². The van der Waals surface area contributed by atoms with Crippen molar-refractivity contribution in [2.24, 2.45) is 0 Å². The molecular formula is C16H18N2O2. The molecule has 0 aliphatic carbocycles. The van der Waals surface area contributed by atoms with E-state index in [0.29, 0.717) is 18.7 Å². The zero-order valence-electron chi connectivity index (χ0n) is 11.6. The number of benzene rings is 1. The van der Waals surface area contributed by atoms with Crippen LogP contribution in [0.4, 0.5) is 0 Å². The molecule has 20 heavy (non-hydrogen) atoms. The fraction of sp³-hybridized carbons (Fsp3) is 0.375. The molecule has 104 valence electrons. The molecule has 3 rings (SSSR count). The van der Waals surface area contributed by atoms with Gasteiger partial charge < -0.3 is 4.74 Å². The molecule has 0 bridgehead atoms. The van der Waals surface area contributed by atoms with E-state index in [-0.39, 0.29) is 5.92 Å². The summed E-state index contributed by atoms with van der Waals surface area (Å²) in [7, 11) is 0. The van der Waals surface area contributed by atoms with Crippen LogP contribution in [0.1, 0.15) is 39.5 Å². The zero-order chi connectivity index (χ0) is 13.9. The lowest BCUT2D eigenvalue weighted by molar-refractivity contribution is 0.112. The molecule has 1 atom stereocenters. The number of hydrogen-bond donors (Lipinski definition) is 0. The maximum absolute atomic E-state index is 11.2. The summed E-state index contributed by atoms with van der Waals surface area (Å²) in [6.07, 6.45) is 3.68. The van der Waals surface area contributed by atoms with E-state index >= 15 is 0 Å². The Kier molecular flexibility index (Phi) is 3.65. The van der Waals surface area contributed by atoms with Crippen molar-refractivity contribution in [3.8, 4) is 0 Å². The van der Waals surface area contributed by atoms with E-state index in [1.54, 1.807) is 0 Å². The first-order valence-corrected chi connectivity index (χ1v) is 6.92. The lowest BCUT2D eigenvalue weighted by Crippen LogP contribution is -2.04. The van der Waals surface area contributed by atoms with E-state index in [2.05, 4.69) is 30.2 Å². The zero-order valence-corrected chi connectivity index (χ0v) is 11.6. The van der Waals surface area contributed by atoms with Gasteiger partial charge in [-0.25, -0.2) is 0 Å². The van der Waals surface area contributed by atoms with Crippen molar-refractivity contribution in [2.75, 3.05) is 13.2 Å². The second-order valence-electron chi connectivity index (χ2n) is 5.33. The van der Waals surface area contributed by atoms with Crippen LogP contribution in [-0.2, 0) is 11.3 Å². The van der Waals surface area contributed by atoms with Crippen molar-refractivity contribution in [1.82, 2.24) is 9.78 Å². The number of carbonyl (C=O) groups is 1. The van der Waals surface area contributed by atoms with Gasteiger partial charge in [-0.3, -0.25) is 9.48 Å². The molecule has 1 unspecified atom stereocenters. The minimum Gasteiger partial charge on any atom is -0.381 e. The van der Waals surface area contributed by atoms with E-state index in [4.69, 9.17) is 4.74 Å². The topological polar surface area (TPSA) is 44.1 Å². The summed E-state index contributed by atoms with van der Waals surface area (Å²) < 4.78 is 7.24. The molecule has 4 heteroatoms. The van der Waals surface area contributed by atoms with Gasteiger partial charge >= 0.3 is 0 Å². The van der Waals surface area contributed by atoms with Crippen LogP contribution in [-0.4, -0.2) is 29.3 Å². The Bertz CT molecular complexity index is 613. The van der Waals surface area contributed by atoms with Gasteiger partial charge in [0.15, 0.2) is 6.29 Å². The van der Waals surface area contributed by atoms with Crippen molar-refractivity contribution in [2.45, 2.75) is 25.8 Å². The van der Waals surface area contributed by atoms with Crippen molar-refractivity contribution in [3.05, 3.63) is 52.8 Å². The first kappa shape index (κ1) is 13.1. The lowest BCUT2D eigenvalue weighted by Gasteiger charge is -2.05. The SMILES string of the molecule is Cc1cccc(Cn2cc(C=O)c(C3CCOC3)n2)c1. The molecular weight excluding hydrogens is 252 g/mol. The molecule has 2 aromatic rings. The fourth-order valence-electron chi connectivity index (χ4n) is 2.69. The molecule has 4 nitrogen and oxygen atoms in total. The molecule has 0 amide bonds. The number of hydrogen-bond acceptors (Lipinski definition) is 3. The molecule has 1 saturated heterocycles. The molecule has 0 radical (unpaired) electrons. The van der Waals surface area contributed by atoms with Crippen molar-refractivity contribution < 1.29 is 9.53 Å². The quantitative estimate of drug-likeness (QED) is 0.802. The molecule has 1 fully saturated rings. The van der Waals surface area contributed by atoms with E-state index < -0.39 is 0 Å². The van der Waals surface area contributed by atoms with Gasteiger partial charge in [0.05, 0.1) is 24.4 Å². The predicted molar refractivity (Wildman–Crippen MR) is 76.1 cm³/mol. The molecule has 0 saturated carbocycles. The summed E-state index contributed by atoms with van der Waals surface area (Å²) in [4.78, 5) is 11.2. The molecule has 2 heterocycles. The fourth-order valence-corrected chi connectivity index (χ4v) is 2.69. The van der Waals surface area contributed by atoms with Crippen molar-refractivity contribution in [3.63, 3.8) is 0 Å².